The van der Waals surface area contributed by atoms with Gasteiger partial charge in [-0.3, -0.25) is 0 Å². The summed E-state index contributed by atoms with van der Waals surface area (Å²) in [7, 11) is 1.80. The standard InChI is InChI=1S/C11H22N2/c1-10(2,6-7-13-5)8-11(3,4)9-12/h7,9,12H,6,8H2,1-5H3/b12-9?,13-7+. The van der Waals surface area contributed by atoms with Gasteiger partial charge in [-0.25, -0.2) is 0 Å². The van der Waals surface area contributed by atoms with E-state index < -0.39 is 0 Å². The first-order chi connectivity index (χ1) is 5.83. The summed E-state index contributed by atoms with van der Waals surface area (Å²) in [5.41, 5.74) is 0.242. The summed E-state index contributed by atoms with van der Waals surface area (Å²) in [5.74, 6) is 0. The Morgan fingerprint density at radius 3 is 2.15 bits per heavy atom. The number of rotatable bonds is 5. The van der Waals surface area contributed by atoms with E-state index in [1.54, 1.807) is 7.05 Å². The van der Waals surface area contributed by atoms with Crippen molar-refractivity contribution in [2.45, 2.75) is 40.5 Å². The average Bonchev–Trinajstić information content (AvgIpc) is 1.99. The van der Waals surface area contributed by atoms with Crippen molar-refractivity contribution in [1.29, 1.82) is 5.41 Å². The first-order valence-corrected chi connectivity index (χ1v) is 4.75. The van der Waals surface area contributed by atoms with Gasteiger partial charge in [-0.2, -0.15) is 0 Å². The molecule has 0 spiro atoms. The molecule has 0 aliphatic heterocycles. The molecule has 1 N–H and O–H groups in total. The lowest BCUT2D eigenvalue weighted by Crippen LogP contribution is -2.24. The Hall–Kier alpha value is -0.660. The number of nitrogens with zero attached hydrogens (tertiary/aromatic N) is 1. The Labute approximate surface area is 82.0 Å². The number of hydrogen-bond acceptors (Lipinski definition) is 2. The average molecular weight is 182 g/mol. The lowest BCUT2D eigenvalue weighted by Gasteiger charge is -2.31. The topological polar surface area (TPSA) is 36.2 Å². The van der Waals surface area contributed by atoms with Gasteiger partial charge < -0.3 is 10.4 Å². The van der Waals surface area contributed by atoms with Crippen molar-refractivity contribution in [3.05, 3.63) is 0 Å². The van der Waals surface area contributed by atoms with Crippen LogP contribution in [0.2, 0.25) is 0 Å². The quantitative estimate of drug-likeness (QED) is 0.634. The molecule has 0 aliphatic rings. The zero-order chi connectivity index (χ0) is 10.5. The van der Waals surface area contributed by atoms with Crippen LogP contribution in [0, 0.1) is 16.2 Å². The smallest absolute Gasteiger partial charge is 0.0273 e. The van der Waals surface area contributed by atoms with Gasteiger partial charge in [0.2, 0.25) is 0 Å². The molecule has 0 saturated heterocycles. The van der Waals surface area contributed by atoms with Gasteiger partial charge in [0.15, 0.2) is 0 Å². The van der Waals surface area contributed by atoms with E-state index in [2.05, 4.69) is 32.7 Å². The maximum atomic E-state index is 7.30. The van der Waals surface area contributed by atoms with Crippen LogP contribution in [0.5, 0.6) is 0 Å². The molecule has 2 heteroatoms. The molecule has 0 rings (SSSR count). The fourth-order valence-electron chi connectivity index (χ4n) is 1.70. The van der Waals surface area contributed by atoms with Gasteiger partial charge >= 0.3 is 0 Å². The van der Waals surface area contributed by atoms with Crippen LogP contribution in [-0.2, 0) is 0 Å². The third-order valence-corrected chi connectivity index (χ3v) is 2.15. The van der Waals surface area contributed by atoms with Crippen molar-refractivity contribution in [2.24, 2.45) is 15.8 Å². The molecular formula is C11H22N2. The molecule has 0 bridgehead atoms. The van der Waals surface area contributed by atoms with E-state index in [1.165, 1.54) is 6.21 Å². The highest BCUT2D eigenvalue weighted by Crippen LogP contribution is 2.34. The highest BCUT2D eigenvalue weighted by molar-refractivity contribution is 5.62. The third-order valence-electron chi connectivity index (χ3n) is 2.15. The highest BCUT2D eigenvalue weighted by atomic mass is 14.6. The van der Waals surface area contributed by atoms with E-state index in [0.29, 0.717) is 0 Å². The normalized spacial score (nSPS) is 13.6. The van der Waals surface area contributed by atoms with Crippen LogP contribution in [0.3, 0.4) is 0 Å². The molecule has 0 heterocycles. The lowest BCUT2D eigenvalue weighted by molar-refractivity contribution is 0.266. The van der Waals surface area contributed by atoms with E-state index in [1.807, 2.05) is 6.21 Å². The van der Waals surface area contributed by atoms with Crippen LogP contribution in [0.4, 0.5) is 0 Å². The maximum Gasteiger partial charge on any atom is 0.0273 e. The summed E-state index contributed by atoms with van der Waals surface area (Å²) < 4.78 is 0. The van der Waals surface area contributed by atoms with Crippen LogP contribution < -0.4 is 0 Å². The van der Waals surface area contributed by atoms with Crippen LogP contribution in [0.25, 0.3) is 0 Å². The summed E-state index contributed by atoms with van der Waals surface area (Å²) >= 11 is 0. The predicted octanol–water partition coefficient (Wildman–Crippen LogP) is 3.17. The zero-order valence-electron chi connectivity index (χ0n) is 9.52. The van der Waals surface area contributed by atoms with Gasteiger partial charge in [0.25, 0.3) is 0 Å². The van der Waals surface area contributed by atoms with E-state index in [0.717, 1.165) is 12.8 Å². The van der Waals surface area contributed by atoms with Crippen LogP contribution in [-0.4, -0.2) is 19.5 Å². The summed E-state index contributed by atoms with van der Waals surface area (Å²) in [5, 5.41) is 7.30. The maximum absolute atomic E-state index is 7.30. The summed E-state index contributed by atoms with van der Waals surface area (Å²) in [6, 6.07) is 0. The number of nitrogens with one attached hydrogen (secondary N) is 1. The molecule has 0 aliphatic carbocycles. The molecule has 0 aromatic rings. The zero-order valence-corrected chi connectivity index (χ0v) is 9.52. The minimum Gasteiger partial charge on any atom is -0.313 e. The molecule has 0 unspecified atom stereocenters. The van der Waals surface area contributed by atoms with E-state index in [4.69, 9.17) is 5.41 Å². The Kier molecular flexibility index (Phi) is 4.31. The SMILES string of the molecule is C/N=C/CC(C)(C)CC(C)(C)C=N. The van der Waals surface area contributed by atoms with Crippen molar-refractivity contribution >= 4 is 12.4 Å². The molecule has 0 radical (unpaired) electrons. The highest BCUT2D eigenvalue weighted by Gasteiger charge is 2.26. The molecule has 0 atom stereocenters. The van der Waals surface area contributed by atoms with Crippen LogP contribution >= 0.6 is 0 Å². The van der Waals surface area contributed by atoms with Crippen molar-refractivity contribution in [3.63, 3.8) is 0 Å². The van der Waals surface area contributed by atoms with Crippen molar-refractivity contribution < 1.29 is 0 Å². The molecule has 0 saturated carbocycles. The minimum atomic E-state index is 0.00504. The molecule has 0 fully saturated rings. The van der Waals surface area contributed by atoms with Crippen LogP contribution in [0.15, 0.2) is 4.99 Å². The second-order valence-corrected chi connectivity index (χ2v) is 5.12. The van der Waals surface area contributed by atoms with Gasteiger partial charge in [-0.05, 0) is 29.9 Å². The van der Waals surface area contributed by atoms with Gasteiger partial charge in [0, 0.05) is 13.3 Å². The van der Waals surface area contributed by atoms with Gasteiger partial charge in [0.1, 0.15) is 0 Å². The first-order valence-electron chi connectivity index (χ1n) is 4.75. The Balaban J connectivity index is 4.23. The van der Waals surface area contributed by atoms with Crippen molar-refractivity contribution in [2.75, 3.05) is 7.05 Å². The fraction of sp³-hybridized carbons (Fsp3) is 0.818. The Morgan fingerprint density at radius 2 is 1.77 bits per heavy atom. The Bertz CT molecular complexity index is 190. The van der Waals surface area contributed by atoms with Gasteiger partial charge in [-0.15, -0.1) is 0 Å². The fourth-order valence-corrected chi connectivity index (χ4v) is 1.70. The Morgan fingerprint density at radius 1 is 1.23 bits per heavy atom. The second kappa shape index (κ2) is 4.54. The van der Waals surface area contributed by atoms with Crippen LogP contribution in [0.1, 0.15) is 40.5 Å². The van der Waals surface area contributed by atoms with Gasteiger partial charge in [-0.1, -0.05) is 27.7 Å². The molecule has 0 aromatic carbocycles. The van der Waals surface area contributed by atoms with E-state index in [-0.39, 0.29) is 10.8 Å². The molecule has 13 heavy (non-hydrogen) atoms. The monoisotopic (exact) mass is 182 g/mol. The summed E-state index contributed by atoms with van der Waals surface area (Å²) in [4.78, 5) is 3.99. The first kappa shape index (κ1) is 12.3. The molecular weight excluding hydrogens is 160 g/mol. The van der Waals surface area contributed by atoms with Gasteiger partial charge in [0.05, 0.1) is 0 Å². The second-order valence-electron chi connectivity index (χ2n) is 5.12. The minimum absolute atomic E-state index is 0.00504. The largest absolute Gasteiger partial charge is 0.313 e. The number of hydrogen-bond donors (Lipinski definition) is 1. The van der Waals surface area contributed by atoms with Crippen molar-refractivity contribution in [3.8, 4) is 0 Å². The summed E-state index contributed by atoms with van der Waals surface area (Å²) in [6.07, 6.45) is 5.51. The molecule has 2 nitrogen and oxygen atoms in total. The summed E-state index contributed by atoms with van der Waals surface area (Å²) in [6.45, 7) is 8.65. The molecule has 0 aromatic heterocycles. The van der Waals surface area contributed by atoms with E-state index in [9.17, 15) is 0 Å². The molecule has 0 amide bonds. The molecule has 76 valence electrons. The third kappa shape index (κ3) is 5.56. The predicted molar refractivity (Wildman–Crippen MR) is 60.0 cm³/mol. The van der Waals surface area contributed by atoms with E-state index >= 15 is 0 Å². The number of aliphatic imine (C=N–C) groups is 1. The lowest BCUT2D eigenvalue weighted by atomic mass is 9.74. The van der Waals surface area contributed by atoms with Crippen molar-refractivity contribution in [1.82, 2.24) is 0 Å².